The standard InChI is InChI=1S/C24H21FN4O4S/c1-33-21-10-6-18(7-11-21)27-24(30)15-19-14-23(16-2-4-17(25)5-3-16)29(28-19)20-8-12-22(13-9-20)34(26,31)32/h2-14H,15H2,1H3,(H,27,30)(H2,26,31,32). The predicted molar refractivity (Wildman–Crippen MR) is 126 cm³/mol. The summed E-state index contributed by atoms with van der Waals surface area (Å²) in [6.45, 7) is 0. The molecule has 0 unspecified atom stereocenters. The molecule has 1 aromatic heterocycles. The van der Waals surface area contributed by atoms with Crippen molar-refractivity contribution < 1.29 is 22.3 Å². The van der Waals surface area contributed by atoms with Crippen LogP contribution in [0.15, 0.2) is 83.8 Å². The van der Waals surface area contributed by atoms with Crippen LogP contribution in [0, 0.1) is 5.82 Å². The first kappa shape index (κ1) is 23.1. The molecule has 1 heterocycles. The number of benzene rings is 3. The van der Waals surface area contributed by atoms with E-state index >= 15 is 0 Å². The molecule has 4 rings (SSSR count). The van der Waals surface area contributed by atoms with Crippen LogP contribution in [0.1, 0.15) is 5.69 Å². The molecule has 0 spiro atoms. The first-order chi connectivity index (χ1) is 16.2. The fourth-order valence-corrected chi connectivity index (χ4v) is 3.88. The molecule has 34 heavy (non-hydrogen) atoms. The van der Waals surface area contributed by atoms with Gasteiger partial charge in [-0.15, -0.1) is 0 Å². The average Bonchev–Trinajstić information content (AvgIpc) is 3.23. The number of anilines is 1. The Bertz CT molecular complexity index is 1420. The lowest BCUT2D eigenvalue weighted by atomic mass is 10.1. The van der Waals surface area contributed by atoms with E-state index < -0.39 is 10.0 Å². The molecular weight excluding hydrogens is 459 g/mol. The Labute approximate surface area is 195 Å². The maximum atomic E-state index is 13.5. The second-order valence-corrected chi connectivity index (χ2v) is 8.99. The average molecular weight is 481 g/mol. The summed E-state index contributed by atoms with van der Waals surface area (Å²) in [6, 6.07) is 20.4. The quantitative estimate of drug-likeness (QED) is 0.420. The Hall–Kier alpha value is -4.02. The van der Waals surface area contributed by atoms with Crippen molar-refractivity contribution >= 4 is 21.6 Å². The van der Waals surface area contributed by atoms with Gasteiger partial charge in [-0.25, -0.2) is 22.6 Å². The molecule has 0 aliphatic heterocycles. The zero-order valence-corrected chi connectivity index (χ0v) is 18.9. The van der Waals surface area contributed by atoms with Crippen LogP contribution in [0.5, 0.6) is 5.75 Å². The molecule has 4 aromatic rings. The van der Waals surface area contributed by atoms with Crippen molar-refractivity contribution in [3.05, 3.63) is 90.4 Å². The van der Waals surface area contributed by atoms with E-state index in [2.05, 4.69) is 10.4 Å². The first-order valence-corrected chi connectivity index (χ1v) is 11.7. The summed E-state index contributed by atoms with van der Waals surface area (Å²) in [4.78, 5) is 12.6. The van der Waals surface area contributed by atoms with Gasteiger partial charge < -0.3 is 10.1 Å². The first-order valence-electron chi connectivity index (χ1n) is 10.1. The minimum absolute atomic E-state index is 0.0114. The van der Waals surface area contributed by atoms with Crippen molar-refractivity contribution in [1.82, 2.24) is 9.78 Å². The highest BCUT2D eigenvalue weighted by Crippen LogP contribution is 2.25. The van der Waals surface area contributed by atoms with Gasteiger partial charge in [0.1, 0.15) is 11.6 Å². The highest BCUT2D eigenvalue weighted by Gasteiger charge is 2.16. The zero-order chi connectivity index (χ0) is 24.3. The highest BCUT2D eigenvalue weighted by atomic mass is 32.2. The van der Waals surface area contributed by atoms with Crippen molar-refractivity contribution in [2.45, 2.75) is 11.3 Å². The SMILES string of the molecule is COc1ccc(NC(=O)Cc2cc(-c3ccc(F)cc3)n(-c3ccc(S(N)(=O)=O)cc3)n2)cc1. The molecule has 0 saturated heterocycles. The summed E-state index contributed by atoms with van der Waals surface area (Å²) in [7, 11) is -2.29. The van der Waals surface area contributed by atoms with E-state index in [1.54, 1.807) is 66.4 Å². The molecule has 3 aromatic carbocycles. The topological polar surface area (TPSA) is 116 Å². The minimum Gasteiger partial charge on any atom is -0.497 e. The number of hydrogen-bond donors (Lipinski definition) is 2. The maximum absolute atomic E-state index is 13.5. The van der Waals surface area contributed by atoms with Crippen LogP contribution < -0.4 is 15.2 Å². The molecule has 3 N–H and O–H groups in total. The summed E-state index contributed by atoms with van der Waals surface area (Å²) in [5, 5.41) is 12.5. The number of methoxy groups -OCH3 is 1. The van der Waals surface area contributed by atoms with Crippen LogP contribution in [0.3, 0.4) is 0 Å². The van der Waals surface area contributed by atoms with Gasteiger partial charge in [0.25, 0.3) is 0 Å². The monoisotopic (exact) mass is 480 g/mol. The van der Waals surface area contributed by atoms with Gasteiger partial charge in [0.15, 0.2) is 0 Å². The van der Waals surface area contributed by atoms with Crippen molar-refractivity contribution in [1.29, 1.82) is 0 Å². The van der Waals surface area contributed by atoms with Crippen molar-refractivity contribution in [2.75, 3.05) is 12.4 Å². The second kappa shape index (κ2) is 9.46. The van der Waals surface area contributed by atoms with E-state index in [0.29, 0.717) is 34.1 Å². The van der Waals surface area contributed by atoms with E-state index in [1.807, 2.05) is 0 Å². The smallest absolute Gasteiger partial charge is 0.238 e. The third-order valence-corrected chi connectivity index (χ3v) is 5.95. The third-order valence-electron chi connectivity index (χ3n) is 5.03. The third kappa shape index (κ3) is 5.30. The van der Waals surface area contributed by atoms with Crippen LogP contribution in [0.25, 0.3) is 16.9 Å². The number of carbonyl (C=O) groups is 1. The molecule has 0 saturated carbocycles. The Morgan fingerprint density at radius 2 is 1.68 bits per heavy atom. The molecule has 174 valence electrons. The lowest BCUT2D eigenvalue weighted by Crippen LogP contribution is -2.15. The molecule has 0 aliphatic carbocycles. The second-order valence-electron chi connectivity index (χ2n) is 7.43. The Kier molecular flexibility index (Phi) is 6.44. The number of nitrogens with zero attached hydrogens (tertiary/aromatic N) is 2. The van der Waals surface area contributed by atoms with Crippen molar-refractivity contribution in [3.8, 4) is 22.7 Å². The summed E-state index contributed by atoms with van der Waals surface area (Å²) in [5.41, 5.74) is 2.92. The molecule has 10 heteroatoms. The molecule has 0 bridgehead atoms. The largest absolute Gasteiger partial charge is 0.497 e. The number of rotatable bonds is 7. The van der Waals surface area contributed by atoms with Crippen LogP contribution in [-0.2, 0) is 21.2 Å². The number of nitrogens with two attached hydrogens (primary N) is 1. The Balaban J connectivity index is 1.64. The fraction of sp³-hybridized carbons (Fsp3) is 0.0833. The number of primary sulfonamides is 1. The van der Waals surface area contributed by atoms with Gasteiger partial charge in [0.2, 0.25) is 15.9 Å². The van der Waals surface area contributed by atoms with Gasteiger partial charge in [0, 0.05) is 11.3 Å². The van der Waals surface area contributed by atoms with E-state index in [9.17, 15) is 17.6 Å². The molecule has 0 aliphatic rings. The number of halogens is 1. The lowest BCUT2D eigenvalue weighted by Gasteiger charge is -2.08. The van der Waals surface area contributed by atoms with E-state index in [1.165, 1.54) is 24.3 Å². The maximum Gasteiger partial charge on any atom is 0.238 e. The molecule has 1 amide bonds. The molecule has 0 atom stereocenters. The number of ether oxygens (including phenoxy) is 1. The minimum atomic E-state index is -3.85. The Morgan fingerprint density at radius 3 is 2.26 bits per heavy atom. The van der Waals surface area contributed by atoms with Crippen LogP contribution in [-0.4, -0.2) is 31.2 Å². The normalized spacial score (nSPS) is 11.3. The van der Waals surface area contributed by atoms with Crippen LogP contribution in [0.2, 0.25) is 0 Å². The van der Waals surface area contributed by atoms with Crippen molar-refractivity contribution in [2.24, 2.45) is 5.14 Å². The van der Waals surface area contributed by atoms with Gasteiger partial charge in [-0.3, -0.25) is 4.79 Å². The molecule has 8 nitrogen and oxygen atoms in total. The van der Waals surface area contributed by atoms with Gasteiger partial charge in [0.05, 0.1) is 35.5 Å². The van der Waals surface area contributed by atoms with Gasteiger partial charge >= 0.3 is 0 Å². The Morgan fingerprint density at radius 1 is 1.03 bits per heavy atom. The van der Waals surface area contributed by atoms with Gasteiger partial charge in [-0.1, -0.05) is 0 Å². The van der Waals surface area contributed by atoms with E-state index in [-0.39, 0.29) is 23.0 Å². The zero-order valence-electron chi connectivity index (χ0n) is 18.1. The summed E-state index contributed by atoms with van der Waals surface area (Å²) in [6.07, 6.45) is -0.0114. The molecule has 0 radical (unpaired) electrons. The number of nitrogens with one attached hydrogen (secondary N) is 1. The number of hydrogen-bond acceptors (Lipinski definition) is 5. The van der Waals surface area contributed by atoms with Crippen LogP contribution >= 0.6 is 0 Å². The number of amides is 1. The summed E-state index contributed by atoms with van der Waals surface area (Å²) >= 11 is 0. The fourth-order valence-electron chi connectivity index (χ4n) is 3.36. The summed E-state index contributed by atoms with van der Waals surface area (Å²) < 4.78 is 43.3. The van der Waals surface area contributed by atoms with Gasteiger partial charge in [-0.2, -0.15) is 5.10 Å². The lowest BCUT2D eigenvalue weighted by molar-refractivity contribution is -0.115. The summed E-state index contributed by atoms with van der Waals surface area (Å²) in [5.74, 6) is 0.0191. The number of sulfonamides is 1. The number of carbonyl (C=O) groups excluding carboxylic acids is 1. The predicted octanol–water partition coefficient (Wildman–Crippen LogP) is 3.52. The molecular formula is C24H21FN4O4S. The highest BCUT2D eigenvalue weighted by molar-refractivity contribution is 7.89. The van der Waals surface area contributed by atoms with Crippen LogP contribution in [0.4, 0.5) is 10.1 Å². The number of aromatic nitrogens is 2. The van der Waals surface area contributed by atoms with Crippen molar-refractivity contribution in [3.63, 3.8) is 0 Å². The molecule has 0 fully saturated rings. The van der Waals surface area contributed by atoms with E-state index in [4.69, 9.17) is 9.88 Å². The van der Waals surface area contributed by atoms with E-state index in [0.717, 1.165) is 0 Å². The van der Waals surface area contributed by atoms with Gasteiger partial charge in [-0.05, 0) is 78.9 Å².